The van der Waals surface area contributed by atoms with Crippen LogP contribution in [0.4, 0.5) is 11.4 Å². The second kappa shape index (κ2) is 8.13. The van der Waals surface area contributed by atoms with Gasteiger partial charge in [-0.15, -0.1) is 0 Å². The van der Waals surface area contributed by atoms with Gasteiger partial charge < -0.3 is 20.5 Å². The molecule has 0 radical (unpaired) electrons. The molecule has 2 aromatic carbocycles. The molecule has 0 aliphatic heterocycles. The zero-order valence-electron chi connectivity index (χ0n) is 16.2. The van der Waals surface area contributed by atoms with E-state index in [1.165, 1.54) is 5.56 Å². The Hall–Kier alpha value is -2.69. The summed E-state index contributed by atoms with van der Waals surface area (Å²) in [4.78, 5) is 12.6. The van der Waals surface area contributed by atoms with Gasteiger partial charge in [0.2, 0.25) is 0 Å². The molecule has 0 spiro atoms. The number of rotatable bonds is 6. The second-order valence-corrected chi connectivity index (χ2v) is 7.03. The third-order valence-electron chi connectivity index (χ3n) is 3.97. The zero-order valence-corrected chi connectivity index (χ0v) is 16.2. The van der Waals surface area contributed by atoms with Crippen molar-refractivity contribution in [3.8, 4) is 11.5 Å². The van der Waals surface area contributed by atoms with Crippen molar-refractivity contribution in [2.75, 3.05) is 24.3 Å². The maximum Gasteiger partial charge on any atom is 0.255 e. The lowest BCUT2D eigenvalue weighted by Crippen LogP contribution is -2.15. The van der Waals surface area contributed by atoms with Crippen LogP contribution in [0.1, 0.15) is 50.5 Å². The number of carbonyl (C=O) groups excluding carboxylic acids is 1. The summed E-state index contributed by atoms with van der Waals surface area (Å²) in [7, 11) is 0. The van der Waals surface area contributed by atoms with Crippen LogP contribution in [0, 0.1) is 0 Å². The van der Waals surface area contributed by atoms with Crippen LogP contribution in [0.15, 0.2) is 36.4 Å². The molecule has 0 aromatic heterocycles. The van der Waals surface area contributed by atoms with Gasteiger partial charge in [0.25, 0.3) is 5.91 Å². The largest absolute Gasteiger partial charge is 0.492 e. The quantitative estimate of drug-likeness (QED) is 0.741. The van der Waals surface area contributed by atoms with Crippen molar-refractivity contribution in [3.05, 3.63) is 47.5 Å². The number of hydrogen-bond acceptors (Lipinski definition) is 4. The molecule has 0 aliphatic rings. The number of benzene rings is 2. The molecular weight excluding hydrogens is 328 g/mol. The van der Waals surface area contributed by atoms with Crippen molar-refractivity contribution < 1.29 is 14.3 Å². The van der Waals surface area contributed by atoms with Gasteiger partial charge in [0, 0.05) is 17.7 Å². The highest BCUT2D eigenvalue weighted by Gasteiger charge is 2.16. The Bertz CT molecular complexity index is 762. The summed E-state index contributed by atoms with van der Waals surface area (Å²) in [6.45, 7) is 11.1. The van der Waals surface area contributed by atoms with Crippen LogP contribution in [-0.4, -0.2) is 19.1 Å². The lowest BCUT2D eigenvalue weighted by atomic mass is 9.87. The predicted octanol–water partition coefficient (Wildman–Crippen LogP) is 4.62. The van der Waals surface area contributed by atoms with Gasteiger partial charge in [-0.1, -0.05) is 32.9 Å². The van der Waals surface area contributed by atoms with Crippen LogP contribution in [0.2, 0.25) is 0 Å². The van der Waals surface area contributed by atoms with E-state index >= 15 is 0 Å². The number of hydrogen-bond donors (Lipinski definition) is 2. The average molecular weight is 356 g/mol. The fourth-order valence-electron chi connectivity index (χ4n) is 2.54. The minimum Gasteiger partial charge on any atom is -0.492 e. The number of anilines is 2. The first kappa shape index (κ1) is 19.6. The van der Waals surface area contributed by atoms with Crippen molar-refractivity contribution in [2.24, 2.45) is 0 Å². The zero-order chi connectivity index (χ0) is 19.3. The monoisotopic (exact) mass is 356 g/mol. The molecule has 0 bridgehead atoms. The first-order valence-corrected chi connectivity index (χ1v) is 8.87. The molecule has 0 atom stereocenters. The van der Waals surface area contributed by atoms with Gasteiger partial charge in [-0.2, -0.15) is 0 Å². The van der Waals surface area contributed by atoms with Crippen molar-refractivity contribution >= 4 is 17.3 Å². The third kappa shape index (κ3) is 4.69. The summed E-state index contributed by atoms with van der Waals surface area (Å²) in [5.41, 5.74) is 8.80. The van der Waals surface area contributed by atoms with Gasteiger partial charge in [-0.25, -0.2) is 0 Å². The van der Waals surface area contributed by atoms with Crippen LogP contribution < -0.4 is 20.5 Å². The highest BCUT2D eigenvalue weighted by atomic mass is 16.5. The van der Waals surface area contributed by atoms with Crippen LogP contribution in [-0.2, 0) is 5.41 Å². The Labute approximate surface area is 155 Å². The SMILES string of the molecule is CCOc1cc(NC(=O)c2ccc(C(C)(C)C)cc2)c(OCC)cc1N. The fourth-order valence-corrected chi connectivity index (χ4v) is 2.54. The molecule has 2 rings (SSSR count). The van der Waals surface area contributed by atoms with E-state index in [0.29, 0.717) is 41.7 Å². The molecule has 0 aliphatic carbocycles. The van der Waals surface area contributed by atoms with E-state index in [9.17, 15) is 4.79 Å². The molecule has 5 nitrogen and oxygen atoms in total. The molecule has 0 saturated heterocycles. The van der Waals surface area contributed by atoms with Gasteiger partial charge in [0.1, 0.15) is 11.5 Å². The van der Waals surface area contributed by atoms with Crippen molar-refractivity contribution in [2.45, 2.75) is 40.0 Å². The summed E-state index contributed by atoms with van der Waals surface area (Å²) >= 11 is 0. The summed E-state index contributed by atoms with van der Waals surface area (Å²) in [6.07, 6.45) is 0. The summed E-state index contributed by atoms with van der Waals surface area (Å²) in [5.74, 6) is 0.834. The van der Waals surface area contributed by atoms with E-state index in [4.69, 9.17) is 15.2 Å². The fraction of sp³-hybridized carbons (Fsp3) is 0.381. The van der Waals surface area contributed by atoms with Gasteiger partial charge in [-0.3, -0.25) is 4.79 Å². The number of carbonyl (C=O) groups is 1. The third-order valence-corrected chi connectivity index (χ3v) is 3.97. The van der Waals surface area contributed by atoms with Crippen molar-refractivity contribution in [3.63, 3.8) is 0 Å². The first-order valence-electron chi connectivity index (χ1n) is 8.87. The van der Waals surface area contributed by atoms with Crippen molar-refractivity contribution in [1.29, 1.82) is 0 Å². The van der Waals surface area contributed by atoms with Crippen molar-refractivity contribution in [1.82, 2.24) is 0 Å². The summed E-state index contributed by atoms with van der Waals surface area (Å²) in [5, 5.41) is 2.90. The Balaban J connectivity index is 2.28. The molecule has 0 fully saturated rings. The van der Waals surface area contributed by atoms with Crippen LogP contribution in [0.25, 0.3) is 0 Å². The van der Waals surface area contributed by atoms with E-state index in [-0.39, 0.29) is 11.3 Å². The van der Waals surface area contributed by atoms with Crippen LogP contribution in [0.5, 0.6) is 11.5 Å². The highest BCUT2D eigenvalue weighted by Crippen LogP contribution is 2.35. The van der Waals surface area contributed by atoms with Crippen LogP contribution >= 0.6 is 0 Å². The van der Waals surface area contributed by atoms with E-state index in [0.717, 1.165) is 0 Å². The Morgan fingerprint density at radius 2 is 1.58 bits per heavy atom. The molecular formula is C21H28N2O3. The lowest BCUT2D eigenvalue weighted by Gasteiger charge is -2.19. The molecule has 1 amide bonds. The van der Waals surface area contributed by atoms with Gasteiger partial charge in [0.15, 0.2) is 0 Å². The Morgan fingerprint density at radius 3 is 2.12 bits per heavy atom. The van der Waals surface area contributed by atoms with E-state index in [1.807, 2.05) is 38.1 Å². The molecule has 0 unspecified atom stereocenters. The Morgan fingerprint density at radius 1 is 1.00 bits per heavy atom. The molecule has 0 saturated carbocycles. The van der Waals surface area contributed by atoms with E-state index < -0.39 is 0 Å². The minimum atomic E-state index is -0.210. The molecule has 5 heteroatoms. The van der Waals surface area contributed by atoms with E-state index in [2.05, 4.69) is 26.1 Å². The van der Waals surface area contributed by atoms with Gasteiger partial charge >= 0.3 is 0 Å². The van der Waals surface area contributed by atoms with Crippen LogP contribution in [0.3, 0.4) is 0 Å². The average Bonchev–Trinajstić information content (AvgIpc) is 2.58. The first-order chi connectivity index (χ1) is 12.3. The van der Waals surface area contributed by atoms with Gasteiger partial charge in [0.05, 0.1) is 24.6 Å². The number of nitrogen functional groups attached to an aromatic ring is 1. The molecule has 26 heavy (non-hydrogen) atoms. The predicted molar refractivity (Wildman–Crippen MR) is 106 cm³/mol. The number of amides is 1. The molecule has 0 heterocycles. The van der Waals surface area contributed by atoms with Gasteiger partial charge in [-0.05, 0) is 37.0 Å². The highest BCUT2D eigenvalue weighted by molar-refractivity contribution is 6.05. The minimum absolute atomic E-state index is 0.0422. The standard InChI is InChI=1S/C21H28N2O3/c1-6-25-18-13-17(19(26-7-2)12-16(18)22)23-20(24)14-8-10-15(11-9-14)21(3,4)5/h8-13H,6-7,22H2,1-5H3,(H,23,24). The number of nitrogens with one attached hydrogen (secondary N) is 1. The smallest absolute Gasteiger partial charge is 0.255 e. The van der Waals surface area contributed by atoms with E-state index in [1.54, 1.807) is 12.1 Å². The summed E-state index contributed by atoms with van der Waals surface area (Å²) in [6, 6.07) is 11.0. The molecule has 140 valence electrons. The summed E-state index contributed by atoms with van der Waals surface area (Å²) < 4.78 is 11.1. The number of ether oxygens (including phenoxy) is 2. The maximum atomic E-state index is 12.6. The number of nitrogens with two attached hydrogens (primary N) is 1. The molecule has 3 N–H and O–H groups in total. The normalized spacial score (nSPS) is 11.1. The molecule has 2 aromatic rings. The lowest BCUT2D eigenvalue weighted by molar-refractivity contribution is 0.102. The second-order valence-electron chi connectivity index (χ2n) is 7.03. The topological polar surface area (TPSA) is 73.6 Å². The maximum absolute atomic E-state index is 12.6. The Kier molecular flexibility index (Phi) is 6.14.